The Labute approximate surface area is 128 Å². The third-order valence-electron chi connectivity index (χ3n) is 3.13. The number of benzene rings is 1. The molecule has 0 spiro atoms. The lowest BCUT2D eigenvalue weighted by Crippen LogP contribution is -2.28. The van der Waals surface area contributed by atoms with E-state index in [1.54, 1.807) is 31.4 Å². The quantitative estimate of drug-likeness (QED) is 0.770. The van der Waals surface area contributed by atoms with Gasteiger partial charge in [-0.3, -0.25) is 4.79 Å². The molecule has 0 fully saturated rings. The van der Waals surface area contributed by atoms with E-state index < -0.39 is 0 Å². The summed E-state index contributed by atoms with van der Waals surface area (Å²) in [6.07, 6.45) is 3.61. The highest BCUT2D eigenvalue weighted by Crippen LogP contribution is 2.17. The van der Waals surface area contributed by atoms with Crippen molar-refractivity contribution in [2.24, 2.45) is 0 Å². The highest BCUT2D eigenvalue weighted by Gasteiger charge is 2.13. The van der Waals surface area contributed by atoms with Crippen LogP contribution in [0.15, 0.2) is 41.8 Å². The fourth-order valence-electron chi connectivity index (χ4n) is 1.88. The first kappa shape index (κ1) is 15.6. The lowest BCUT2D eigenvalue weighted by molar-refractivity contribution is -0.127. The summed E-state index contributed by atoms with van der Waals surface area (Å²) in [6, 6.07) is 6.50. The van der Waals surface area contributed by atoms with E-state index in [2.05, 4.69) is 4.98 Å². The van der Waals surface area contributed by atoms with E-state index in [1.165, 1.54) is 22.7 Å². The van der Waals surface area contributed by atoms with Crippen LogP contribution in [0.5, 0.6) is 0 Å². The Morgan fingerprint density at radius 3 is 2.90 bits per heavy atom. The Morgan fingerprint density at radius 1 is 1.43 bits per heavy atom. The standard InChI is InChI=1S/C15H18FN3OS/c1-3-19-9-8-17-15(19)21-11-14(20)18(2)10-12-6-4-5-7-13(12)16/h4-9H,3,10-11H2,1-2H3. The molecule has 6 heteroatoms. The Bertz CT molecular complexity index is 614. The first-order valence-corrected chi connectivity index (χ1v) is 7.71. The summed E-state index contributed by atoms with van der Waals surface area (Å²) >= 11 is 1.40. The van der Waals surface area contributed by atoms with Gasteiger partial charge in [0.15, 0.2) is 5.16 Å². The van der Waals surface area contributed by atoms with Crippen molar-refractivity contribution in [1.82, 2.24) is 14.5 Å². The number of hydrogen-bond donors (Lipinski definition) is 0. The molecule has 1 aromatic heterocycles. The zero-order valence-electron chi connectivity index (χ0n) is 12.1. The zero-order chi connectivity index (χ0) is 15.2. The molecule has 0 saturated carbocycles. The number of carbonyl (C=O) groups excluding carboxylic acids is 1. The van der Waals surface area contributed by atoms with E-state index >= 15 is 0 Å². The lowest BCUT2D eigenvalue weighted by Gasteiger charge is -2.17. The van der Waals surface area contributed by atoms with Crippen LogP contribution in [0.1, 0.15) is 12.5 Å². The monoisotopic (exact) mass is 307 g/mol. The molecule has 0 unspecified atom stereocenters. The van der Waals surface area contributed by atoms with Crippen LogP contribution in [0.25, 0.3) is 0 Å². The molecule has 1 aromatic carbocycles. The molecular formula is C15H18FN3OS. The highest BCUT2D eigenvalue weighted by atomic mass is 32.2. The fourth-order valence-corrected chi connectivity index (χ4v) is 2.85. The summed E-state index contributed by atoms with van der Waals surface area (Å²) in [4.78, 5) is 17.8. The molecule has 21 heavy (non-hydrogen) atoms. The van der Waals surface area contributed by atoms with Crippen molar-refractivity contribution in [2.45, 2.75) is 25.2 Å². The van der Waals surface area contributed by atoms with Gasteiger partial charge >= 0.3 is 0 Å². The summed E-state index contributed by atoms with van der Waals surface area (Å²) in [7, 11) is 1.68. The van der Waals surface area contributed by atoms with E-state index in [4.69, 9.17) is 0 Å². The Kier molecular flexibility index (Phi) is 5.38. The number of aryl methyl sites for hydroxylation is 1. The number of aromatic nitrogens is 2. The molecule has 112 valence electrons. The maximum Gasteiger partial charge on any atom is 0.233 e. The third kappa shape index (κ3) is 4.07. The normalized spacial score (nSPS) is 10.6. The summed E-state index contributed by atoms with van der Waals surface area (Å²) in [5, 5.41) is 0.824. The maximum atomic E-state index is 13.6. The summed E-state index contributed by atoms with van der Waals surface area (Å²) in [5.74, 6) is -0.0395. The van der Waals surface area contributed by atoms with Crippen LogP contribution >= 0.6 is 11.8 Å². The molecule has 0 aliphatic carbocycles. The molecular weight excluding hydrogens is 289 g/mol. The molecule has 4 nitrogen and oxygen atoms in total. The average molecular weight is 307 g/mol. The number of amides is 1. The topological polar surface area (TPSA) is 38.1 Å². The van der Waals surface area contributed by atoms with Crippen LogP contribution < -0.4 is 0 Å². The molecule has 0 radical (unpaired) electrons. The van der Waals surface area contributed by atoms with Crippen molar-refractivity contribution < 1.29 is 9.18 Å². The molecule has 2 aromatic rings. The van der Waals surface area contributed by atoms with Crippen LogP contribution in [0, 0.1) is 5.82 Å². The van der Waals surface area contributed by atoms with Gasteiger partial charge in [-0.05, 0) is 13.0 Å². The van der Waals surface area contributed by atoms with Crippen LogP contribution in [0.2, 0.25) is 0 Å². The zero-order valence-corrected chi connectivity index (χ0v) is 12.9. The van der Waals surface area contributed by atoms with Gasteiger partial charge in [0, 0.05) is 38.1 Å². The van der Waals surface area contributed by atoms with Crippen molar-refractivity contribution in [1.29, 1.82) is 0 Å². The summed E-state index contributed by atoms with van der Waals surface area (Å²) < 4.78 is 15.5. The Balaban J connectivity index is 1.90. The third-order valence-corrected chi connectivity index (χ3v) is 4.12. The summed E-state index contributed by atoms with van der Waals surface area (Å²) in [6.45, 7) is 3.12. The van der Waals surface area contributed by atoms with Crippen LogP contribution in [-0.4, -0.2) is 33.2 Å². The average Bonchev–Trinajstić information content (AvgIpc) is 2.94. The van der Waals surface area contributed by atoms with Crippen molar-refractivity contribution >= 4 is 17.7 Å². The van der Waals surface area contributed by atoms with Gasteiger partial charge in [-0.2, -0.15) is 0 Å². The second-order valence-corrected chi connectivity index (χ2v) is 5.57. The molecule has 0 aliphatic heterocycles. The van der Waals surface area contributed by atoms with Crippen LogP contribution in [0.3, 0.4) is 0 Å². The highest BCUT2D eigenvalue weighted by molar-refractivity contribution is 7.99. The van der Waals surface area contributed by atoms with Gasteiger partial charge in [-0.15, -0.1) is 0 Å². The number of hydrogen-bond acceptors (Lipinski definition) is 3. The number of halogens is 1. The molecule has 1 amide bonds. The molecule has 0 saturated heterocycles. The van der Waals surface area contributed by atoms with E-state index in [1.807, 2.05) is 17.7 Å². The van der Waals surface area contributed by atoms with Gasteiger partial charge in [0.25, 0.3) is 0 Å². The summed E-state index contributed by atoms with van der Waals surface area (Å²) in [5.41, 5.74) is 0.522. The van der Waals surface area contributed by atoms with Crippen molar-refractivity contribution in [3.8, 4) is 0 Å². The first-order valence-electron chi connectivity index (χ1n) is 6.73. The van der Waals surface area contributed by atoms with Gasteiger partial charge in [0.2, 0.25) is 5.91 Å². The minimum Gasteiger partial charge on any atom is -0.341 e. The number of carbonyl (C=O) groups is 1. The second kappa shape index (κ2) is 7.26. The number of nitrogens with zero attached hydrogens (tertiary/aromatic N) is 3. The minimum absolute atomic E-state index is 0.0473. The Hall–Kier alpha value is -1.82. The van der Waals surface area contributed by atoms with E-state index in [9.17, 15) is 9.18 Å². The molecule has 0 bridgehead atoms. The molecule has 0 aliphatic rings. The van der Waals surface area contributed by atoms with Crippen LogP contribution in [-0.2, 0) is 17.9 Å². The van der Waals surface area contributed by atoms with Crippen molar-refractivity contribution in [2.75, 3.05) is 12.8 Å². The van der Waals surface area contributed by atoms with Gasteiger partial charge in [-0.1, -0.05) is 30.0 Å². The number of thioether (sulfide) groups is 1. The lowest BCUT2D eigenvalue weighted by atomic mass is 10.2. The van der Waals surface area contributed by atoms with Gasteiger partial charge < -0.3 is 9.47 Å². The van der Waals surface area contributed by atoms with E-state index in [-0.39, 0.29) is 18.3 Å². The van der Waals surface area contributed by atoms with Crippen molar-refractivity contribution in [3.63, 3.8) is 0 Å². The molecule has 0 N–H and O–H groups in total. The second-order valence-electron chi connectivity index (χ2n) is 4.63. The molecule has 0 atom stereocenters. The van der Waals surface area contributed by atoms with Gasteiger partial charge in [0.1, 0.15) is 5.82 Å². The molecule has 1 heterocycles. The smallest absolute Gasteiger partial charge is 0.233 e. The van der Waals surface area contributed by atoms with E-state index in [0.717, 1.165) is 11.7 Å². The number of rotatable bonds is 6. The van der Waals surface area contributed by atoms with Gasteiger partial charge in [0.05, 0.1) is 5.75 Å². The van der Waals surface area contributed by atoms with Crippen molar-refractivity contribution in [3.05, 3.63) is 48.0 Å². The molecule has 2 rings (SSSR count). The fraction of sp³-hybridized carbons (Fsp3) is 0.333. The Morgan fingerprint density at radius 2 is 2.19 bits per heavy atom. The SMILES string of the molecule is CCn1ccnc1SCC(=O)N(C)Cc1ccccc1F. The first-order chi connectivity index (χ1) is 10.1. The predicted molar refractivity (Wildman–Crippen MR) is 81.5 cm³/mol. The predicted octanol–water partition coefficient (Wildman–Crippen LogP) is 2.79. The minimum atomic E-state index is -0.286. The number of imidazole rings is 1. The maximum absolute atomic E-state index is 13.6. The largest absolute Gasteiger partial charge is 0.341 e. The van der Waals surface area contributed by atoms with Gasteiger partial charge in [-0.25, -0.2) is 9.37 Å². The van der Waals surface area contributed by atoms with E-state index in [0.29, 0.717) is 11.3 Å². The van der Waals surface area contributed by atoms with Crippen LogP contribution in [0.4, 0.5) is 4.39 Å².